The van der Waals surface area contributed by atoms with E-state index in [4.69, 9.17) is 0 Å². The predicted octanol–water partition coefficient (Wildman–Crippen LogP) is 5.77. The highest BCUT2D eigenvalue weighted by atomic mass is 127. The number of halogens is 3. The minimum absolute atomic E-state index is 0.155. The average molecular weight is 600 g/mol. The van der Waals surface area contributed by atoms with Crippen molar-refractivity contribution in [2.75, 3.05) is 17.3 Å². The highest BCUT2D eigenvalue weighted by Gasteiger charge is 2.16. The summed E-state index contributed by atoms with van der Waals surface area (Å²) in [5.74, 6) is -0.984. The van der Waals surface area contributed by atoms with Crippen LogP contribution in [0.4, 0.5) is 25.8 Å². The van der Waals surface area contributed by atoms with Crippen molar-refractivity contribution in [1.82, 2.24) is 9.55 Å². The maximum atomic E-state index is 13.5. The van der Waals surface area contributed by atoms with Gasteiger partial charge in [-0.15, -0.1) is 0 Å². The van der Waals surface area contributed by atoms with Crippen molar-refractivity contribution in [2.24, 2.45) is 0 Å². The lowest BCUT2D eigenvalue weighted by Crippen LogP contribution is -2.29. The van der Waals surface area contributed by atoms with Crippen LogP contribution in [0, 0.1) is 11.6 Å². The van der Waals surface area contributed by atoms with Gasteiger partial charge in [-0.05, 0) is 84.8 Å². The van der Waals surface area contributed by atoms with Crippen molar-refractivity contribution in [3.63, 3.8) is 0 Å². The molecule has 2 heterocycles. The number of carbonyl (C=O) groups excluding carboxylic acids is 1. The number of benzene rings is 2. The van der Waals surface area contributed by atoms with E-state index < -0.39 is 0 Å². The molecule has 1 atom stereocenters. The number of anilines is 3. The van der Waals surface area contributed by atoms with Gasteiger partial charge in [0.2, 0.25) is 5.91 Å². The first-order valence-electron chi connectivity index (χ1n) is 11.1. The van der Waals surface area contributed by atoms with Crippen LogP contribution in [0.1, 0.15) is 12.5 Å². The number of alkyl halides is 1. The van der Waals surface area contributed by atoms with Gasteiger partial charge in [0.1, 0.15) is 17.3 Å². The summed E-state index contributed by atoms with van der Waals surface area (Å²) in [5, 5.41) is 2.69. The smallest absolute Gasteiger partial charge is 0.275 e. The third-order valence-corrected chi connectivity index (χ3v) is 6.22. The molecular formula is C27H23F2IN4O2. The Morgan fingerprint density at radius 3 is 2.28 bits per heavy atom. The van der Waals surface area contributed by atoms with Gasteiger partial charge in [-0.25, -0.2) is 8.78 Å². The molecule has 2 aromatic heterocycles. The molecule has 0 radical (unpaired) electrons. The highest BCUT2D eigenvalue weighted by molar-refractivity contribution is 14.1. The molecule has 9 heteroatoms. The summed E-state index contributed by atoms with van der Waals surface area (Å²) in [6, 6.07) is 17.1. The van der Waals surface area contributed by atoms with E-state index in [2.05, 4.69) is 10.3 Å². The fourth-order valence-electron chi connectivity index (χ4n) is 3.68. The molecule has 0 saturated carbocycles. The number of nitrogens with zero attached hydrogens (tertiary/aromatic N) is 3. The topological polar surface area (TPSA) is 67.2 Å². The van der Waals surface area contributed by atoms with Crippen LogP contribution in [0.25, 0.3) is 11.3 Å². The Hall–Kier alpha value is -3.60. The fourth-order valence-corrected chi connectivity index (χ4v) is 3.83. The number of carbonyl (C=O) groups is 1. The van der Waals surface area contributed by atoms with E-state index in [1.54, 1.807) is 55.7 Å². The Labute approximate surface area is 220 Å². The van der Waals surface area contributed by atoms with E-state index in [0.717, 1.165) is 16.9 Å². The molecule has 36 heavy (non-hydrogen) atoms. The Kier molecular flexibility index (Phi) is 7.78. The van der Waals surface area contributed by atoms with Crippen LogP contribution in [-0.4, -0.2) is 26.4 Å². The number of hydrogen-bond donors (Lipinski definition) is 1. The third-order valence-electron chi connectivity index (χ3n) is 5.66. The number of pyridine rings is 2. The molecule has 0 fully saturated rings. The molecule has 0 aliphatic heterocycles. The van der Waals surface area contributed by atoms with E-state index >= 15 is 0 Å². The maximum absolute atomic E-state index is 13.5. The Morgan fingerprint density at radius 2 is 1.64 bits per heavy atom. The van der Waals surface area contributed by atoms with E-state index in [1.165, 1.54) is 28.8 Å². The number of amides is 1. The number of aromatic nitrogens is 2. The van der Waals surface area contributed by atoms with Gasteiger partial charge < -0.3 is 14.8 Å². The van der Waals surface area contributed by atoms with Gasteiger partial charge in [0.25, 0.3) is 5.56 Å². The largest absolute Gasteiger partial charge is 0.343 e. The normalized spacial score (nSPS) is 11.7. The van der Waals surface area contributed by atoms with E-state index in [1.807, 2.05) is 40.6 Å². The zero-order valence-corrected chi connectivity index (χ0v) is 21.7. The van der Waals surface area contributed by atoms with Gasteiger partial charge >= 0.3 is 0 Å². The van der Waals surface area contributed by atoms with Crippen molar-refractivity contribution >= 4 is 45.6 Å². The van der Waals surface area contributed by atoms with Crippen LogP contribution >= 0.6 is 22.6 Å². The van der Waals surface area contributed by atoms with Gasteiger partial charge in [-0.1, -0.05) is 22.6 Å². The molecule has 0 spiro atoms. The molecule has 4 aromatic rings. The first kappa shape index (κ1) is 25.5. The minimum atomic E-state index is -0.389. The maximum Gasteiger partial charge on any atom is 0.275 e. The molecule has 0 saturated heterocycles. The molecular weight excluding hydrogens is 577 g/mol. The standard InChI is InChI=1S/C27H23F2IN4O2/c1-17(30)26(35)32-24-11-12-25(19-3-5-20(28)6-4-19)34(27(24)36)16-18-13-23(15-31-14-18)33(2)22-9-7-21(29)8-10-22/h3-15,17H,16H2,1-2H3,(H,32,35). The Balaban J connectivity index is 1.74. The summed E-state index contributed by atoms with van der Waals surface area (Å²) >= 11 is 1.98. The summed E-state index contributed by atoms with van der Waals surface area (Å²) in [5.41, 5.74) is 3.24. The summed E-state index contributed by atoms with van der Waals surface area (Å²) in [7, 11) is 1.84. The first-order valence-corrected chi connectivity index (χ1v) is 12.4. The molecule has 6 nitrogen and oxygen atoms in total. The molecule has 0 bridgehead atoms. The SMILES string of the molecule is CC(I)C(=O)Nc1ccc(-c2ccc(F)cc2)n(Cc2cncc(N(C)c3ccc(F)cc3)c2)c1=O. The van der Waals surface area contributed by atoms with Crippen LogP contribution in [0.15, 0.2) is 83.9 Å². The van der Waals surface area contributed by atoms with Crippen LogP contribution in [-0.2, 0) is 11.3 Å². The lowest BCUT2D eigenvalue weighted by molar-refractivity contribution is -0.115. The zero-order valence-electron chi connectivity index (χ0n) is 19.6. The number of rotatable bonds is 7. The summed E-state index contributed by atoms with van der Waals surface area (Å²) in [6.07, 6.45) is 3.33. The van der Waals surface area contributed by atoms with Crippen molar-refractivity contribution in [3.8, 4) is 11.3 Å². The zero-order chi connectivity index (χ0) is 25.8. The molecule has 1 amide bonds. The lowest BCUT2D eigenvalue weighted by atomic mass is 10.1. The second-order valence-corrected chi connectivity index (χ2v) is 10.1. The van der Waals surface area contributed by atoms with Crippen molar-refractivity contribution < 1.29 is 13.6 Å². The van der Waals surface area contributed by atoms with Crippen LogP contribution < -0.4 is 15.8 Å². The van der Waals surface area contributed by atoms with E-state index in [9.17, 15) is 18.4 Å². The van der Waals surface area contributed by atoms with Crippen molar-refractivity contribution in [1.29, 1.82) is 0 Å². The van der Waals surface area contributed by atoms with Gasteiger partial charge in [0.15, 0.2) is 0 Å². The third kappa shape index (κ3) is 5.78. The van der Waals surface area contributed by atoms with Crippen LogP contribution in [0.3, 0.4) is 0 Å². The minimum Gasteiger partial charge on any atom is -0.343 e. The van der Waals surface area contributed by atoms with E-state index in [0.29, 0.717) is 11.3 Å². The van der Waals surface area contributed by atoms with Crippen molar-refractivity contribution in [2.45, 2.75) is 17.4 Å². The quantitative estimate of drug-likeness (QED) is 0.216. The van der Waals surface area contributed by atoms with Gasteiger partial charge in [-0.2, -0.15) is 0 Å². The van der Waals surface area contributed by atoms with E-state index in [-0.39, 0.29) is 39.3 Å². The molecule has 0 aliphatic carbocycles. The first-order chi connectivity index (χ1) is 17.2. The second-order valence-electron chi connectivity index (χ2n) is 8.22. The van der Waals surface area contributed by atoms with Crippen LogP contribution in [0.5, 0.6) is 0 Å². The number of nitrogens with one attached hydrogen (secondary N) is 1. The molecule has 2 aromatic carbocycles. The molecule has 1 N–H and O–H groups in total. The highest BCUT2D eigenvalue weighted by Crippen LogP contribution is 2.25. The van der Waals surface area contributed by atoms with Gasteiger partial charge in [0.05, 0.1) is 28.0 Å². The second kappa shape index (κ2) is 11.0. The van der Waals surface area contributed by atoms with Gasteiger partial charge in [0, 0.05) is 18.9 Å². The number of hydrogen-bond acceptors (Lipinski definition) is 4. The van der Waals surface area contributed by atoms with Crippen LogP contribution in [0.2, 0.25) is 0 Å². The lowest BCUT2D eigenvalue weighted by Gasteiger charge is -2.20. The Bertz CT molecular complexity index is 1440. The molecule has 1 unspecified atom stereocenters. The molecule has 4 rings (SSSR count). The monoisotopic (exact) mass is 600 g/mol. The summed E-state index contributed by atoms with van der Waals surface area (Å²) in [4.78, 5) is 31.9. The van der Waals surface area contributed by atoms with Crippen molar-refractivity contribution in [3.05, 3.63) is 107 Å². The molecule has 0 aliphatic rings. The fraction of sp³-hybridized carbons (Fsp3) is 0.148. The Morgan fingerprint density at radius 1 is 1.00 bits per heavy atom. The summed E-state index contributed by atoms with van der Waals surface area (Å²) in [6.45, 7) is 1.89. The predicted molar refractivity (Wildman–Crippen MR) is 146 cm³/mol. The summed E-state index contributed by atoms with van der Waals surface area (Å²) < 4.78 is 28.1. The average Bonchev–Trinajstić information content (AvgIpc) is 2.87. The molecule has 184 valence electrons. The van der Waals surface area contributed by atoms with Gasteiger partial charge in [-0.3, -0.25) is 14.6 Å².